The van der Waals surface area contributed by atoms with Crippen LogP contribution < -0.4 is 0 Å². The monoisotopic (exact) mass is 1080 g/mol. The Kier molecular flexibility index (Phi) is 11.4. The lowest BCUT2D eigenvalue weighted by Crippen LogP contribution is -2.35. The molecule has 0 spiro atoms. The van der Waals surface area contributed by atoms with E-state index in [1.54, 1.807) is 6.07 Å². The van der Waals surface area contributed by atoms with Crippen LogP contribution in [0.4, 0.5) is 5.69 Å². The van der Waals surface area contributed by atoms with Crippen molar-refractivity contribution < 1.29 is 0 Å². The van der Waals surface area contributed by atoms with E-state index in [1.807, 2.05) is 12.1 Å². The fourth-order valence-corrected chi connectivity index (χ4v) is 15.3. The average Bonchev–Trinajstić information content (AvgIpc) is 1.96. The number of fused-ring (bicyclic) bond motifs is 9. The fourth-order valence-electron chi connectivity index (χ4n) is 15.3. The molecule has 16 rings (SSSR count). The lowest BCUT2D eigenvalue weighted by atomic mass is 9.60. The normalized spacial score (nSPS) is 13.9. The summed E-state index contributed by atoms with van der Waals surface area (Å²) < 4.78 is 0. The van der Waals surface area contributed by atoms with Gasteiger partial charge in [-0.05, 0) is 152 Å². The van der Waals surface area contributed by atoms with E-state index in [1.165, 1.54) is 100 Å². The van der Waals surface area contributed by atoms with Gasteiger partial charge in [0.15, 0.2) is 5.69 Å². The topological polar surface area (TPSA) is 28.1 Å². The summed E-state index contributed by atoms with van der Waals surface area (Å²) in [5.41, 5.74) is 26.5. The smallest absolute Gasteiger partial charge is 0.189 e. The largest absolute Gasteiger partial charge is 0.238 e. The van der Waals surface area contributed by atoms with Crippen LogP contribution in [0, 0.1) is 17.9 Å². The van der Waals surface area contributed by atoms with E-state index < -0.39 is 16.2 Å². The van der Waals surface area contributed by atoms with Crippen molar-refractivity contribution in [2.24, 2.45) is 0 Å². The summed E-state index contributed by atoms with van der Waals surface area (Å²) in [6.45, 7) is 7.94. The van der Waals surface area contributed by atoms with Crippen molar-refractivity contribution >= 4 is 5.69 Å². The summed E-state index contributed by atoms with van der Waals surface area (Å²) in [4.78, 5) is 3.77. The molecule has 0 N–H and O–H groups in total. The van der Waals surface area contributed by atoms with Gasteiger partial charge in [0, 0.05) is 5.56 Å². The molecule has 3 aliphatic rings. The van der Waals surface area contributed by atoms with Crippen LogP contribution >= 0.6 is 0 Å². The predicted molar refractivity (Wildman–Crippen MR) is 346 cm³/mol. The van der Waals surface area contributed by atoms with Crippen molar-refractivity contribution in [3.63, 3.8) is 0 Å². The van der Waals surface area contributed by atoms with Crippen molar-refractivity contribution in [2.45, 2.75) is 16.2 Å². The number of nitriles is 1. The highest BCUT2D eigenvalue weighted by molar-refractivity contribution is 5.92. The molecular weight excluding hydrogens is 1020 g/mol. The Morgan fingerprint density at radius 2 is 0.506 bits per heavy atom. The first-order valence-corrected chi connectivity index (χ1v) is 29.1. The first kappa shape index (κ1) is 49.6. The second kappa shape index (κ2) is 19.5. The summed E-state index contributed by atoms with van der Waals surface area (Å²) in [5, 5.41) is 10.1. The van der Waals surface area contributed by atoms with E-state index in [9.17, 15) is 5.26 Å². The summed E-state index contributed by atoms with van der Waals surface area (Å²) in [7, 11) is 0. The van der Waals surface area contributed by atoms with E-state index in [-0.39, 0.29) is 0 Å². The van der Waals surface area contributed by atoms with E-state index >= 15 is 0 Å². The number of benzene rings is 13. The van der Waals surface area contributed by atoms with Gasteiger partial charge >= 0.3 is 0 Å². The Morgan fingerprint density at radius 1 is 0.247 bits per heavy atom. The first-order chi connectivity index (χ1) is 42.0. The third-order valence-electron chi connectivity index (χ3n) is 18.8. The summed E-state index contributed by atoms with van der Waals surface area (Å²) >= 11 is 0. The maximum atomic E-state index is 10.1. The van der Waals surface area contributed by atoms with Crippen LogP contribution in [0.15, 0.2) is 315 Å². The van der Waals surface area contributed by atoms with Crippen molar-refractivity contribution in [2.75, 3.05) is 0 Å². The molecule has 0 radical (unpaired) electrons. The second-order valence-electron chi connectivity index (χ2n) is 22.8. The third-order valence-corrected chi connectivity index (χ3v) is 18.8. The van der Waals surface area contributed by atoms with E-state index in [0.717, 1.165) is 33.4 Å². The van der Waals surface area contributed by atoms with E-state index in [2.05, 4.69) is 308 Å². The van der Waals surface area contributed by atoms with Gasteiger partial charge in [0.25, 0.3) is 0 Å². The van der Waals surface area contributed by atoms with Gasteiger partial charge in [-0.15, -0.1) is 0 Å². The number of hydrogen-bond acceptors (Lipinski definition) is 1. The Hall–Kier alpha value is -11.2. The molecule has 0 bridgehead atoms. The van der Waals surface area contributed by atoms with Crippen molar-refractivity contribution in [1.29, 1.82) is 5.26 Å². The summed E-state index contributed by atoms with van der Waals surface area (Å²) in [6.07, 6.45) is 0. The minimum atomic E-state index is -0.862. The molecule has 0 saturated carbocycles. The molecule has 0 unspecified atom stereocenters. The molecule has 0 saturated heterocycles. The van der Waals surface area contributed by atoms with Crippen LogP contribution in [-0.4, -0.2) is 0 Å². The number of rotatable bonds is 9. The van der Waals surface area contributed by atoms with Gasteiger partial charge < -0.3 is 0 Å². The Labute approximate surface area is 496 Å². The highest BCUT2D eigenvalue weighted by Crippen LogP contribution is 2.63. The third kappa shape index (κ3) is 7.23. The van der Waals surface area contributed by atoms with Crippen LogP contribution in [0.3, 0.4) is 0 Å². The standard InChI is InChI=1S/C83H52N2/c1-85-68-49-55(54-84)48-61(50-68)60-40-46-64(47-41-60)83(79-34-18-12-28-73(79)74-29-13-19-35-80(74)83)67-52-65(81(62-42-36-58(37-43-62)56-20-4-2-5-21-56)75-30-14-8-24-69(75)70-25-9-15-31-76(70)81)51-66(53-67)82(63-44-38-59(39-45-63)57-22-6-3-7-23-57)77-32-16-10-26-71(77)72-27-11-17-33-78(72)82/h2-53H. The first-order valence-electron chi connectivity index (χ1n) is 29.1. The lowest BCUT2D eigenvalue weighted by Gasteiger charge is -2.41. The zero-order chi connectivity index (χ0) is 56.7. The molecular formula is C83H52N2. The SMILES string of the molecule is [C-]#[N+]c1cc(C#N)cc(-c2ccc(C3(c4cc(C5(c6ccc(-c7ccccc7)cc6)c6ccccc6-c6ccccc65)cc(C5(c6ccc(-c7ccccc7)cc6)c6ccccc6-c6ccccc65)c4)c4ccccc4-c4ccccc43)cc2)c1. The van der Waals surface area contributed by atoms with Crippen LogP contribution in [0.1, 0.15) is 72.3 Å². The van der Waals surface area contributed by atoms with Crippen molar-refractivity contribution in [3.05, 3.63) is 399 Å². The molecule has 85 heavy (non-hydrogen) atoms. The Balaban J connectivity index is 1.07. The van der Waals surface area contributed by atoms with Crippen LogP contribution in [0.25, 0.3) is 71.6 Å². The zero-order valence-electron chi connectivity index (χ0n) is 46.4. The second-order valence-corrected chi connectivity index (χ2v) is 22.8. The Morgan fingerprint density at radius 3 is 0.788 bits per heavy atom. The summed E-state index contributed by atoms with van der Waals surface area (Å²) in [5.74, 6) is 0. The fraction of sp³-hybridized carbons (Fsp3) is 0.0361. The highest BCUT2D eigenvalue weighted by atomic mass is 14.6. The van der Waals surface area contributed by atoms with Gasteiger partial charge in [0.2, 0.25) is 0 Å². The van der Waals surface area contributed by atoms with Gasteiger partial charge in [-0.1, -0.05) is 297 Å². The lowest BCUT2D eigenvalue weighted by molar-refractivity contribution is 0.713. The molecule has 0 aliphatic heterocycles. The van der Waals surface area contributed by atoms with Crippen molar-refractivity contribution in [3.8, 4) is 72.8 Å². The minimum absolute atomic E-state index is 0.440. The average molecular weight is 1080 g/mol. The molecule has 394 valence electrons. The highest BCUT2D eigenvalue weighted by Gasteiger charge is 2.53. The predicted octanol–water partition coefficient (Wildman–Crippen LogP) is 20.2. The molecule has 0 aromatic heterocycles. The molecule has 2 heteroatoms. The molecule has 0 fully saturated rings. The van der Waals surface area contributed by atoms with Gasteiger partial charge in [0.1, 0.15) is 0 Å². The van der Waals surface area contributed by atoms with Crippen molar-refractivity contribution in [1.82, 2.24) is 0 Å². The van der Waals surface area contributed by atoms with E-state index in [0.29, 0.717) is 11.3 Å². The maximum absolute atomic E-state index is 10.1. The number of hydrogen-bond donors (Lipinski definition) is 0. The van der Waals surface area contributed by atoms with Gasteiger partial charge in [-0.2, -0.15) is 5.26 Å². The van der Waals surface area contributed by atoms with Crippen LogP contribution in [-0.2, 0) is 16.2 Å². The molecule has 2 nitrogen and oxygen atoms in total. The molecule has 0 atom stereocenters. The van der Waals surface area contributed by atoms with E-state index in [4.69, 9.17) is 6.57 Å². The maximum Gasteiger partial charge on any atom is 0.189 e. The molecule has 0 amide bonds. The summed E-state index contributed by atoms with van der Waals surface area (Å²) in [6, 6.07) is 119. The van der Waals surface area contributed by atoms with Crippen LogP contribution in [0.2, 0.25) is 0 Å². The molecule has 13 aromatic rings. The zero-order valence-corrected chi connectivity index (χ0v) is 46.4. The number of nitrogens with zero attached hydrogens (tertiary/aromatic N) is 2. The van der Waals surface area contributed by atoms with Gasteiger partial charge in [0.05, 0.1) is 28.9 Å². The quantitative estimate of drug-likeness (QED) is 0.132. The van der Waals surface area contributed by atoms with Gasteiger partial charge in [-0.25, -0.2) is 4.85 Å². The minimum Gasteiger partial charge on any atom is -0.238 e. The Bertz CT molecular complexity index is 4510. The molecule has 0 heterocycles. The van der Waals surface area contributed by atoms with Gasteiger partial charge in [-0.3, -0.25) is 0 Å². The molecule has 3 aliphatic carbocycles. The van der Waals surface area contributed by atoms with Crippen LogP contribution in [0.5, 0.6) is 0 Å². The molecule has 13 aromatic carbocycles.